The summed E-state index contributed by atoms with van der Waals surface area (Å²) in [6.45, 7) is 5.80. The Bertz CT molecular complexity index is 285. The molecule has 0 saturated heterocycles. The minimum atomic E-state index is 1.18. The van der Waals surface area contributed by atoms with Crippen LogP contribution in [0.1, 0.15) is 26.2 Å². The summed E-state index contributed by atoms with van der Waals surface area (Å²) < 4.78 is 0. The average Bonchev–Trinajstić information content (AvgIpc) is 2.31. The molecule has 0 fully saturated rings. The molecule has 86 valence electrons. The summed E-state index contributed by atoms with van der Waals surface area (Å²) in [4.78, 5) is 0. The van der Waals surface area contributed by atoms with Crippen LogP contribution in [-0.2, 0) is 0 Å². The molecule has 0 N–H and O–H groups in total. The highest BCUT2D eigenvalue weighted by Crippen LogP contribution is 1.94. The van der Waals surface area contributed by atoms with Gasteiger partial charge < -0.3 is 0 Å². The van der Waals surface area contributed by atoms with Crippen LogP contribution in [0, 0.1) is 0 Å². The van der Waals surface area contributed by atoms with E-state index in [0.29, 0.717) is 0 Å². The normalized spacial score (nSPS) is 13.1. The molecule has 0 bridgehead atoms. The van der Waals surface area contributed by atoms with Gasteiger partial charge in [0.05, 0.1) is 0 Å². The maximum atomic E-state index is 3.59. The zero-order chi connectivity index (χ0) is 11.9. The van der Waals surface area contributed by atoms with Gasteiger partial charge >= 0.3 is 0 Å². The largest absolute Gasteiger partial charge is 0.0991 e. The van der Waals surface area contributed by atoms with Crippen LogP contribution >= 0.6 is 0 Å². The van der Waals surface area contributed by atoms with Gasteiger partial charge in [-0.1, -0.05) is 93.2 Å². The molecule has 0 radical (unpaired) electrons. The van der Waals surface area contributed by atoms with E-state index >= 15 is 0 Å². The van der Waals surface area contributed by atoms with Crippen molar-refractivity contribution >= 4 is 0 Å². The van der Waals surface area contributed by atoms with E-state index in [0.717, 1.165) is 0 Å². The Morgan fingerprint density at radius 3 is 1.75 bits per heavy atom. The smallest absolute Gasteiger partial charge is 0.0348 e. The Morgan fingerprint density at radius 2 is 1.25 bits per heavy atom. The zero-order valence-corrected chi connectivity index (χ0v) is 10.2. The number of rotatable bonds is 8. The summed E-state index contributed by atoms with van der Waals surface area (Å²) >= 11 is 0. The Morgan fingerprint density at radius 1 is 0.750 bits per heavy atom. The summed E-state index contributed by atoms with van der Waals surface area (Å²) in [5.41, 5.74) is 0. The van der Waals surface area contributed by atoms with Crippen molar-refractivity contribution in [2.24, 2.45) is 0 Å². The van der Waals surface area contributed by atoms with Crippen molar-refractivity contribution in [1.29, 1.82) is 0 Å². The van der Waals surface area contributed by atoms with Gasteiger partial charge in [-0.05, 0) is 6.42 Å². The third-order valence-electron chi connectivity index (χ3n) is 1.89. The lowest BCUT2D eigenvalue weighted by Crippen LogP contribution is -1.64. The van der Waals surface area contributed by atoms with Crippen LogP contribution in [0.3, 0.4) is 0 Å². The molecule has 0 spiro atoms. The molecule has 0 aromatic carbocycles. The molecular weight excluding hydrogens is 192 g/mol. The summed E-state index contributed by atoms with van der Waals surface area (Å²) in [6.07, 6.45) is 25.7. The van der Waals surface area contributed by atoms with Gasteiger partial charge in [-0.3, -0.25) is 0 Å². The van der Waals surface area contributed by atoms with Gasteiger partial charge in [0.15, 0.2) is 0 Å². The average molecular weight is 214 g/mol. The molecule has 0 amide bonds. The van der Waals surface area contributed by atoms with Gasteiger partial charge in [0.2, 0.25) is 0 Å². The van der Waals surface area contributed by atoms with Crippen LogP contribution in [0.15, 0.2) is 73.4 Å². The van der Waals surface area contributed by atoms with Crippen molar-refractivity contribution in [2.45, 2.75) is 26.2 Å². The molecule has 0 nitrogen and oxygen atoms in total. The quantitative estimate of drug-likeness (QED) is 0.387. The predicted octanol–water partition coefficient (Wildman–Crippen LogP) is 5.14. The number of hydrogen-bond acceptors (Lipinski definition) is 0. The molecule has 0 aromatic rings. The minimum Gasteiger partial charge on any atom is -0.0991 e. The van der Waals surface area contributed by atoms with E-state index in [2.05, 4.69) is 31.7 Å². The Labute approximate surface area is 100 Å². The standard InChI is InChI=1S/C16H22/c1-3-5-7-9-11-13-15-16-14-12-10-8-6-4-2/h3,5,7,9-16H,1,4,6,8H2,2H3/b7-5+,11-9+,12-10+,15-13+,16-14+. The van der Waals surface area contributed by atoms with Crippen LogP contribution in [0.2, 0.25) is 0 Å². The van der Waals surface area contributed by atoms with Gasteiger partial charge in [0.1, 0.15) is 0 Å². The third-order valence-corrected chi connectivity index (χ3v) is 1.89. The second kappa shape index (κ2) is 13.4. The van der Waals surface area contributed by atoms with Gasteiger partial charge in [-0.2, -0.15) is 0 Å². The van der Waals surface area contributed by atoms with Gasteiger partial charge in [0.25, 0.3) is 0 Å². The Kier molecular flexibility index (Phi) is 12.1. The highest BCUT2D eigenvalue weighted by molar-refractivity contribution is 5.18. The van der Waals surface area contributed by atoms with E-state index in [1.165, 1.54) is 19.3 Å². The first-order valence-corrected chi connectivity index (χ1v) is 5.86. The van der Waals surface area contributed by atoms with Crippen molar-refractivity contribution in [2.75, 3.05) is 0 Å². The van der Waals surface area contributed by atoms with Crippen LogP contribution in [0.5, 0.6) is 0 Å². The molecule has 0 atom stereocenters. The van der Waals surface area contributed by atoms with E-state index in [1.807, 2.05) is 42.5 Å². The van der Waals surface area contributed by atoms with Crippen molar-refractivity contribution in [1.82, 2.24) is 0 Å². The van der Waals surface area contributed by atoms with Crippen molar-refractivity contribution in [3.63, 3.8) is 0 Å². The van der Waals surface area contributed by atoms with Crippen molar-refractivity contribution in [3.8, 4) is 0 Å². The van der Waals surface area contributed by atoms with E-state index in [4.69, 9.17) is 0 Å². The maximum absolute atomic E-state index is 3.59. The fourth-order valence-corrected chi connectivity index (χ4v) is 1.02. The molecular formula is C16H22. The summed E-state index contributed by atoms with van der Waals surface area (Å²) in [6, 6.07) is 0. The zero-order valence-electron chi connectivity index (χ0n) is 10.2. The van der Waals surface area contributed by atoms with Crippen LogP contribution in [-0.4, -0.2) is 0 Å². The summed E-state index contributed by atoms with van der Waals surface area (Å²) in [5, 5.41) is 0. The van der Waals surface area contributed by atoms with Crippen molar-refractivity contribution < 1.29 is 0 Å². The Hall–Kier alpha value is -1.56. The number of hydrogen-bond donors (Lipinski definition) is 0. The van der Waals surface area contributed by atoms with E-state index in [-0.39, 0.29) is 0 Å². The van der Waals surface area contributed by atoms with Crippen LogP contribution in [0.4, 0.5) is 0 Å². The monoisotopic (exact) mass is 214 g/mol. The van der Waals surface area contributed by atoms with E-state index in [9.17, 15) is 0 Å². The SMILES string of the molecule is C=C/C=C/C=C/C=C/C=C/C=C/CCCC. The van der Waals surface area contributed by atoms with Gasteiger partial charge in [0, 0.05) is 0 Å². The first-order chi connectivity index (χ1) is 7.91. The summed E-state index contributed by atoms with van der Waals surface area (Å²) in [7, 11) is 0. The second-order valence-corrected chi connectivity index (χ2v) is 3.35. The molecule has 0 saturated carbocycles. The number of unbranched alkanes of at least 4 members (excludes halogenated alkanes) is 2. The molecule has 0 aromatic heterocycles. The highest BCUT2D eigenvalue weighted by atomic mass is 13.8. The van der Waals surface area contributed by atoms with Gasteiger partial charge in [-0.25, -0.2) is 0 Å². The molecule has 0 aliphatic heterocycles. The lowest BCUT2D eigenvalue weighted by Gasteiger charge is -1.84. The second-order valence-electron chi connectivity index (χ2n) is 3.35. The first-order valence-electron chi connectivity index (χ1n) is 5.86. The minimum absolute atomic E-state index is 1.18. The first kappa shape index (κ1) is 14.4. The lowest BCUT2D eigenvalue weighted by atomic mass is 10.2. The fourth-order valence-electron chi connectivity index (χ4n) is 1.02. The fraction of sp³-hybridized carbons (Fsp3) is 0.250. The lowest BCUT2D eigenvalue weighted by molar-refractivity contribution is 0.815. The molecule has 0 rings (SSSR count). The van der Waals surface area contributed by atoms with E-state index < -0.39 is 0 Å². The summed E-state index contributed by atoms with van der Waals surface area (Å²) in [5.74, 6) is 0. The molecule has 0 aliphatic rings. The molecule has 0 heteroatoms. The molecule has 16 heavy (non-hydrogen) atoms. The number of allylic oxidation sites excluding steroid dienone is 11. The van der Waals surface area contributed by atoms with Crippen LogP contribution in [0.25, 0.3) is 0 Å². The van der Waals surface area contributed by atoms with Gasteiger partial charge in [-0.15, -0.1) is 0 Å². The predicted molar refractivity (Wildman–Crippen MR) is 75.4 cm³/mol. The Balaban J connectivity index is 3.62. The third kappa shape index (κ3) is 12.4. The highest BCUT2D eigenvalue weighted by Gasteiger charge is 1.74. The maximum Gasteiger partial charge on any atom is -0.0348 e. The van der Waals surface area contributed by atoms with E-state index in [1.54, 1.807) is 6.08 Å². The molecule has 0 aliphatic carbocycles. The molecule has 0 heterocycles. The topological polar surface area (TPSA) is 0 Å². The molecule has 0 unspecified atom stereocenters. The van der Waals surface area contributed by atoms with Crippen LogP contribution < -0.4 is 0 Å². The van der Waals surface area contributed by atoms with Crippen molar-refractivity contribution in [3.05, 3.63) is 73.4 Å².